The van der Waals surface area contributed by atoms with Gasteiger partial charge in [0, 0.05) is 4.88 Å². The number of carbonyl (C=O) groups is 3. The van der Waals surface area contributed by atoms with Crippen molar-refractivity contribution in [3.63, 3.8) is 0 Å². The lowest BCUT2D eigenvalue weighted by Gasteiger charge is -2.26. The lowest BCUT2D eigenvalue weighted by Crippen LogP contribution is -2.41. The fraction of sp³-hybridized carbons (Fsp3) is 0.278. The molecule has 3 N–H and O–H groups in total. The summed E-state index contributed by atoms with van der Waals surface area (Å²) in [6.07, 6.45) is -0.0588. The molecule has 7 nitrogen and oxygen atoms in total. The van der Waals surface area contributed by atoms with E-state index in [1.807, 2.05) is 25.1 Å². The minimum atomic E-state index is -0.686. The van der Waals surface area contributed by atoms with Crippen LogP contribution in [0.5, 0.6) is 0 Å². The van der Waals surface area contributed by atoms with Crippen LogP contribution in [0.3, 0.4) is 0 Å². The molecule has 3 rings (SSSR count). The zero-order valence-electron chi connectivity index (χ0n) is 14.6. The standard InChI is InChI=1S/C18H19N3O4S/c1-9-10(2)26-17(15(9)18(24)25-3)21-14(22)8-13-16(23)20-12-7-5-4-6-11(12)19-13/h4-7,13,19H,8H2,1-3H3,(H,20,23)(H,21,22)/t13-/m0/s1. The van der Waals surface area contributed by atoms with Crippen LogP contribution in [0.15, 0.2) is 24.3 Å². The topological polar surface area (TPSA) is 96.5 Å². The summed E-state index contributed by atoms with van der Waals surface area (Å²) in [5, 5.41) is 9.02. The molecule has 0 aliphatic carbocycles. The van der Waals surface area contributed by atoms with Crippen LogP contribution in [0.1, 0.15) is 27.2 Å². The number of aryl methyl sites for hydroxylation is 1. The second-order valence-electron chi connectivity index (χ2n) is 5.96. The van der Waals surface area contributed by atoms with Crippen molar-refractivity contribution in [2.75, 3.05) is 23.1 Å². The predicted octanol–water partition coefficient (Wildman–Crippen LogP) is 2.91. The van der Waals surface area contributed by atoms with E-state index in [0.29, 0.717) is 16.3 Å². The first-order chi connectivity index (χ1) is 12.4. The molecule has 1 aliphatic heterocycles. The molecule has 0 bridgehead atoms. The number of amides is 2. The highest BCUT2D eigenvalue weighted by molar-refractivity contribution is 7.16. The number of hydrogen-bond acceptors (Lipinski definition) is 6. The van der Waals surface area contributed by atoms with Crippen LogP contribution in [0.25, 0.3) is 0 Å². The van der Waals surface area contributed by atoms with Gasteiger partial charge in [-0.25, -0.2) is 4.79 Å². The fourth-order valence-corrected chi connectivity index (χ4v) is 3.83. The molecule has 2 amide bonds. The van der Waals surface area contributed by atoms with E-state index in [9.17, 15) is 14.4 Å². The number of methoxy groups -OCH3 is 1. The molecule has 8 heteroatoms. The van der Waals surface area contributed by atoms with Gasteiger partial charge < -0.3 is 20.7 Å². The molecule has 26 heavy (non-hydrogen) atoms. The Balaban J connectivity index is 1.73. The number of thiophene rings is 1. The summed E-state index contributed by atoms with van der Waals surface area (Å²) < 4.78 is 4.80. The van der Waals surface area contributed by atoms with Gasteiger partial charge in [0.1, 0.15) is 11.0 Å². The third-order valence-corrected chi connectivity index (χ3v) is 5.37. The van der Waals surface area contributed by atoms with E-state index in [2.05, 4.69) is 16.0 Å². The third kappa shape index (κ3) is 3.41. The highest BCUT2D eigenvalue weighted by atomic mass is 32.1. The molecular formula is C18H19N3O4S. The van der Waals surface area contributed by atoms with E-state index in [1.54, 1.807) is 13.0 Å². The van der Waals surface area contributed by atoms with Gasteiger partial charge in [-0.2, -0.15) is 0 Å². The number of benzene rings is 1. The highest BCUT2D eigenvalue weighted by Crippen LogP contribution is 2.33. The van der Waals surface area contributed by atoms with Crippen molar-refractivity contribution in [2.24, 2.45) is 0 Å². The van der Waals surface area contributed by atoms with Crippen LogP contribution in [0.4, 0.5) is 16.4 Å². The van der Waals surface area contributed by atoms with E-state index < -0.39 is 12.0 Å². The Labute approximate surface area is 154 Å². The molecule has 0 spiro atoms. The maximum atomic E-state index is 12.4. The van der Waals surface area contributed by atoms with Crippen LogP contribution in [-0.2, 0) is 14.3 Å². The number of fused-ring (bicyclic) bond motifs is 1. The molecule has 0 unspecified atom stereocenters. The second-order valence-corrected chi connectivity index (χ2v) is 7.19. The van der Waals surface area contributed by atoms with Gasteiger partial charge in [0.15, 0.2) is 0 Å². The predicted molar refractivity (Wildman–Crippen MR) is 101 cm³/mol. The quantitative estimate of drug-likeness (QED) is 0.716. The Hall–Kier alpha value is -2.87. The largest absolute Gasteiger partial charge is 0.465 e. The Morgan fingerprint density at radius 1 is 1.23 bits per heavy atom. The molecular weight excluding hydrogens is 354 g/mol. The van der Waals surface area contributed by atoms with Crippen molar-refractivity contribution in [2.45, 2.75) is 26.3 Å². The van der Waals surface area contributed by atoms with Gasteiger partial charge in [0.25, 0.3) is 0 Å². The zero-order chi connectivity index (χ0) is 18.8. The first kappa shape index (κ1) is 17.9. The maximum Gasteiger partial charge on any atom is 0.341 e. The van der Waals surface area contributed by atoms with Crippen LogP contribution < -0.4 is 16.0 Å². The van der Waals surface area contributed by atoms with Gasteiger partial charge in [-0.1, -0.05) is 12.1 Å². The summed E-state index contributed by atoms with van der Waals surface area (Å²) in [6.45, 7) is 3.68. The van der Waals surface area contributed by atoms with Crippen molar-refractivity contribution in [1.82, 2.24) is 0 Å². The maximum absolute atomic E-state index is 12.4. The summed E-state index contributed by atoms with van der Waals surface area (Å²) in [5.74, 6) is -1.13. The van der Waals surface area contributed by atoms with Crippen molar-refractivity contribution in [1.29, 1.82) is 0 Å². The van der Waals surface area contributed by atoms with Crippen LogP contribution in [0, 0.1) is 13.8 Å². The first-order valence-electron chi connectivity index (χ1n) is 8.05. The van der Waals surface area contributed by atoms with Crippen LogP contribution in [0.2, 0.25) is 0 Å². The number of rotatable bonds is 4. The highest BCUT2D eigenvalue weighted by Gasteiger charge is 2.28. The summed E-state index contributed by atoms with van der Waals surface area (Å²) in [5.41, 5.74) is 2.59. The van der Waals surface area contributed by atoms with E-state index in [1.165, 1.54) is 18.4 Å². The minimum Gasteiger partial charge on any atom is -0.465 e. The monoisotopic (exact) mass is 373 g/mol. The Morgan fingerprint density at radius 3 is 2.62 bits per heavy atom. The van der Waals surface area contributed by atoms with E-state index >= 15 is 0 Å². The van der Waals surface area contributed by atoms with Crippen molar-refractivity contribution in [3.8, 4) is 0 Å². The first-order valence-corrected chi connectivity index (χ1v) is 8.87. The summed E-state index contributed by atoms with van der Waals surface area (Å²) in [4.78, 5) is 37.6. The average Bonchev–Trinajstić information content (AvgIpc) is 2.88. The fourth-order valence-electron chi connectivity index (χ4n) is 2.76. The normalized spacial score (nSPS) is 15.5. The number of hydrogen-bond donors (Lipinski definition) is 3. The number of nitrogens with one attached hydrogen (secondary N) is 3. The summed E-state index contributed by atoms with van der Waals surface area (Å²) in [7, 11) is 1.30. The van der Waals surface area contributed by atoms with E-state index in [4.69, 9.17) is 4.74 Å². The van der Waals surface area contributed by atoms with Crippen molar-refractivity contribution in [3.05, 3.63) is 40.3 Å². The number of ether oxygens (including phenoxy) is 1. The second kappa shape index (κ2) is 7.17. The Kier molecular flexibility index (Phi) is 4.94. The Bertz CT molecular complexity index is 891. The van der Waals surface area contributed by atoms with Gasteiger partial charge in [0.2, 0.25) is 11.8 Å². The summed E-state index contributed by atoms with van der Waals surface area (Å²) in [6, 6.07) is 6.61. The molecule has 0 saturated carbocycles. The molecule has 2 heterocycles. The Morgan fingerprint density at radius 2 is 1.92 bits per heavy atom. The molecule has 1 atom stereocenters. The van der Waals surface area contributed by atoms with E-state index in [0.717, 1.165) is 16.1 Å². The van der Waals surface area contributed by atoms with Crippen molar-refractivity contribution < 1.29 is 19.1 Å². The lowest BCUT2D eigenvalue weighted by atomic mass is 10.1. The smallest absolute Gasteiger partial charge is 0.341 e. The molecule has 1 aromatic heterocycles. The van der Waals surface area contributed by atoms with Gasteiger partial charge in [0.05, 0.1) is 30.5 Å². The minimum absolute atomic E-state index is 0.0588. The van der Waals surface area contributed by atoms with Gasteiger partial charge in [-0.15, -0.1) is 11.3 Å². The third-order valence-electron chi connectivity index (χ3n) is 4.25. The van der Waals surface area contributed by atoms with Crippen LogP contribution in [-0.4, -0.2) is 30.9 Å². The van der Waals surface area contributed by atoms with Gasteiger partial charge >= 0.3 is 5.97 Å². The molecule has 1 aromatic carbocycles. The average molecular weight is 373 g/mol. The van der Waals surface area contributed by atoms with Gasteiger partial charge in [-0.05, 0) is 31.5 Å². The van der Waals surface area contributed by atoms with Crippen LogP contribution >= 0.6 is 11.3 Å². The lowest BCUT2D eigenvalue weighted by molar-refractivity contribution is -0.122. The molecule has 0 radical (unpaired) electrons. The molecule has 0 fully saturated rings. The number of carbonyl (C=O) groups excluding carboxylic acids is 3. The van der Waals surface area contributed by atoms with Crippen molar-refractivity contribution >= 4 is 45.5 Å². The summed E-state index contributed by atoms with van der Waals surface area (Å²) >= 11 is 1.31. The molecule has 2 aromatic rings. The number of anilines is 3. The molecule has 0 saturated heterocycles. The number of para-hydroxylation sites is 2. The SMILES string of the molecule is COC(=O)c1c(NC(=O)C[C@@H]2Nc3ccccc3NC2=O)sc(C)c1C. The van der Waals surface area contributed by atoms with Gasteiger partial charge in [-0.3, -0.25) is 9.59 Å². The zero-order valence-corrected chi connectivity index (χ0v) is 15.5. The molecule has 136 valence electrons. The molecule has 1 aliphatic rings. The van der Waals surface area contributed by atoms with E-state index in [-0.39, 0.29) is 18.2 Å². The number of esters is 1.